The monoisotopic (exact) mass is 740 g/mol. The molecule has 3 saturated carbocycles. The Kier molecular flexibility index (Phi) is 11.4. The molecule has 0 radical (unpaired) electrons. The maximum Gasteiger partial charge on any atom is 0.116 e. The van der Waals surface area contributed by atoms with Crippen molar-refractivity contribution in [3.63, 3.8) is 0 Å². The smallest absolute Gasteiger partial charge is 0.116 e. The lowest BCUT2D eigenvalue weighted by atomic mass is 9.86. The molecule has 4 fully saturated rings. The molecule has 1 saturated heterocycles. The summed E-state index contributed by atoms with van der Waals surface area (Å²) in [7, 11) is -0.532. The van der Waals surface area contributed by atoms with Gasteiger partial charge in [-0.2, -0.15) is 0 Å². The molecule has 0 N–H and O–H groups in total. The lowest BCUT2D eigenvalue weighted by molar-refractivity contribution is 0.476. The number of rotatable bonds is 6. The molecule has 2 atom stereocenters. The van der Waals surface area contributed by atoms with Crippen molar-refractivity contribution in [3.8, 4) is 0 Å². The van der Waals surface area contributed by atoms with Crippen molar-refractivity contribution in [1.82, 2.24) is 0 Å². The van der Waals surface area contributed by atoms with Crippen molar-refractivity contribution in [1.29, 1.82) is 0 Å². The van der Waals surface area contributed by atoms with Gasteiger partial charge < -0.3 is 9.80 Å². The summed E-state index contributed by atoms with van der Waals surface area (Å²) in [6.45, 7) is 15.5. The molecule has 2 unspecified atom stereocenters. The number of alkyl halides is 2. The molecule has 4 aliphatic rings. The van der Waals surface area contributed by atoms with Crippen LogP contribution < -0.4 is 9.80 Å². The number of halogens is 2. The average molecular weight is 742 g/mol. The zero-order chi connectivity index (χ0) is 35.9. The Bertz CT molecular complexity index is 1650. The molecule has 272 valence electrons. The van der Waals surface area contributed by atoms with Crippen LogP contribution in [-0.4, -0.2) is 34.4 Å². The van der Waals surface area contributed by atoms with Gasteiger partial charge in [0.05, 0.1) is 9.99 Å². The molecule has 1 aliphatic heterocycles. The van der Waals surface area contributed by atoms with Crippen LogP contribution in [-0.2, 0) is 0 Å². The summed E-state index contributed by atoms with van der Waals surface area (Å²) in [5.74, 6) is 1.27. The Hall–Kier alpha value is -2.25. The van der Waals surface area contributed by atoms with E-state index < -0.39 is 12.5 Å². The predicted octanol–water partition coefficient (Wildman–Crippen LogP) is 13.6. The van der Waals surface area contributed by atoms with E-state index in [1.165, 1.54) is 131 Å². The number of hydrogen-bond donors (Lipinski definition) is 0. The van der Waals surface area contributed by atoms with Gasteiger partial charge in [0.1, 0.15) is 5.82 Å². The number of hydrogen-bond acceptors (Lipinski definition) is 2. The highest BCUT2D eigenvalue weighted by atomic mass is 35.5. The average Bonchev–Trinajstić information content (AvgIpc) is 3.49. The van der Waals surface area contributed by atoms with Crippen LogP contribution in [0, 0.1) is 41.5 Å². The summed E-state index contributed by atoms with van der Waals surface area (Å²) in [5, 5.41) is -0.274. The van der Waals surface area contributed by atoms with Crippen molar-refractivity contribution in [2.24, 2.45) is 0 Å². The first-order valence-electron chi connectivity index (χ1n) is 19.9. The van der Waals surface area contributed by atoms with Gasteiger partial charge in [-0.05, 0) is 125 Å². The zero-order valence-electron chi connectivity index (χ0n) is 32.0. The Morgan fingerprint density at radius 2 is 1.12 bits per heavy atom. The van der Waals surface area contributed by atoms with Gasteiger partial charge >= 0.3 is 0 Å². The lowest BCUT2D eigenvalue weighted by Gasteiger charge is -2.52. The van der Waals surface area contributed by atoms with E-state index in [9.17, 15) is 0 Å². The summed E-state index contributed by atoms with van der Waals surface area (Å²) in [4.78, 5) is 5.32. The summed E-state index contributed by atoms with van der Waals surface area (Å²) in [6.07, 6.45) is 17.8. The third kappa shape index (κ3) is 7.33. The van der Waals surface area contributed by atoms with Crippen molar-refractivity contribution >= 4 is 48.6 Å². The fraction of sp³-hybridized carbons (Fsp3) is 0.522. The molecule has 1 heterocycles. The summed E-state index contributed by atoms with van der Waals surface area (Å²) in [6, 6.07) is 20.3. The minimum atomic E-state index is -0.532. The predicted molar refractivity (Wildman–Crippen MR) is 226 cm³/mol. The van der Waals surface area contributed by atoms with E-state index >= 15 is 0 Å². The van der Waals surface area contributed by atoms with Gasteiger partial charge in [-0.1, -0.05) is 118 Å². The van der Waals surface area contributed by atoms with E-state index in [-0.39, 0.29) is 5.38 Å². The molecule has 2 nitrogen and oxygen atoms in total. The highest BCUT2D eigenvalue weighted by molar-refractivity contribution is 7.63. The van der Waals surface area contributed by atoms with Gasteiger partial charge in [0.2, 0.25) is 0 Å². The minimum absolute atomic E-state index is 0.274. The Balaban J connectivity index is 1.52. The van der Waals surface area contributed by atoms with Crippen LogP contribution in [0.2, 0.25) is 0 Å². The summed E-state index contributed by atoms with van der Waals surface area (Å²) >= 11 is 16.9. The van der Waals surface area contributed by atoms with Crippen molar-refractivity contribution < 1.29 is 0 Å². The van der Waals surface area contributed by atoms with Gasteiger partial charge in [0.15, 0.2) is 0 Å². The number of anilines is 2. The molecular formula is C46H59Cl2N2P. The third-order valence-corrected chi connectivity index (χ3v) is 17.7. The molecule has 3 aliphatic carbocycles. The van der Waals surface area contributed by atoms with Crippen LogP contribution in [0.4, 0.5) is 11.4 Å². The van der Waals surface area contributed by atoms with E-state index in [1.807, 2.05) is 0 Å². The molecule has 0 spiro atoms. The quantitative estimate of drug-likeness (QED) is 0.183. The second-order valence-corrected chi connectivity index (χ2v) is 20.7. The van der Waals surface area contributed by atoms with Crippen LogP contribution in [0.1, 0.15) is 116 Å². The van der Waals surface area contributed by atoms with Gasteiger partial charge in [0.25, 0.3) is 0 Å². The highest BCUT2D eigenvalue weighted by Crippen LogP contribution is 2.72. The molecule has 0 amide bonds. The molecule has 3 aromatic rings. The Labute approximate surface area is 320 Å². The largest absolute Gasteiger partial charge is 0.325 e. The van der Waals surface area contributed by atoms with Gasteiger partial charge in [-0.3, -0.25) is 0 Å². The molecule has 0 bridgehead atoms. The number of nitrogens with zero attached hydrogens (tertiary/aromatic N) is 2. The number of benzene rings is 3. The molecular weight excluding hydrogens is 682 g/mol. The maximum absolute atomic E-state index is 8.74. The van der Waals surface area contributed by atoms with E-state index in [1.54, 1.807) is 0 Å². The lowest BCUT2D eigenvalue weighted by Crippen LogP contribution is -2.44. The Morgan fingerprint density at radius 3 is 1.57 bits per heavy atom. The molecule has 3 aromatic carbocycles. The summed E-state index contributed by atoms with van der Waals surface area (Å²) in [5.41, 5.74) is 15.9. The first-order chi connectivity index (χ1) is 24.6. The molecule has 5 heteroatoms. The minimum Gasteiger partial charge on any atom is -0.325 e. The fourth-order valence-corrected chi connectivity index (χ4v) is 16.7. The van der Waals surface area contributed by atoms with Crippen molar-refractivity contribution in [2.45, 2.75) is 140 Å². The van der Waals surface area contributed by atoms with Gasteiger partial charge in [-0.25, -0.2) is 0 Å². The van der Waals surface area contributed by atoms with Crippen LogP contribution in [0.3, 0.4) is 0 Å². The Morgan fingerprint density at radius 1 is 0.667 bits per heavy atom. The van der Waals surface area contributed by atoms with E-state index in [0.717, 1.165) is 25.9 Å². The molecule has 51 heavy (non-hydrogen) atoms. The van der Waals surface area contributed by atoms with Crippen LogP contribution >= 0.6 is 31.1 Å². The number of allylic oxidation sites excluding steroid dienone is 2. The van der Waals surface area contributed by atoms with E-state index in [4.69, 9.17) is 23.2 Å². The highest BCUT2D eigenvalue weighted by Gasteiger charge is 2.54. The van der Waals surface area contributed by atoms with Gasteiger partial charge in [0, 0.05) is 30.0 Å². The SMILES string of the molecule is Cc1cc(C)c(N2CCN(c3c(C)cc(C)cc3C)C2=C2C(Cl)C(=Cc3ccccc3)CCC2(Cl)P(C2CCCCC2)C2CCCCC2)c(C)c1. The van der Waals surface area contributed by atoms with E-state index in [0.29, 0.717) is 11.3 Å². The first-order valence-corrected chi connectivity index (χ1v) is 22.2. The van der Waals surface area contributed by atoms with Crippen LogP contribution in [0.25, 0.3) is 6.08 Å². The van der Waals surface area contributed by atoms with Crippen molar-refractivity contribution in [2.75, 3.05) is 22.9 Å². The van der Waals surface area contributed by atoms with Gasteiger partial charge in [-0.15, -0.1) is 23.2 Å². The molecule has 7 rings (SSSR count). The third-order valence-electron chi connectivity index (χ3n) is 12.3. The summed E-state index contributed by atoms with van der Waals surface area (Å²) < 4.78 is -0.463. The molecule has 0 aromatic heterocycles. The number of aryl methyl sites for hydroxylation is 6. The second kappa shape index (κ2) is 15.6. The second-order valence-electron chi connectivity index (χ2n) is 16.3. The normalized spacial score (nSPS) is 24.7. The maximum atomic E-state index is 8.74. The van der Waals surface area contributed by atoms with Crippen LogP contribution in [0.15, 0.2) is 71.6 Å². The topological polar surface area (TPSA) is 6.48 Å². The van der Waals surface area contributed by atoms with E-state index in [2.05, 4.69) is 112 Å². The van der Waals surface area contributed by atoms with Crippen molar-refractivity contribution in [3.05, 3.63) is 111 Å². The zero-order valence-corrected chi connectivity index (χ0v) is 34.4. The van der Waals surface area contributed by atoms with Crippen LogP contribution in [0.5, 0.6) is 0 Å². The fourth-order valence-electron chi connectivity index (χ4n) is 10.5. The first kappa shape index (κ1) is 37.1. The standard InChI is InChI=1S/C46H59Cl2N2P/c1-31-26-33(3)43(34(4)27-31)49-24-25-50(44-35(5)28-32(2)29-36(44)6)45(49)41-42(47)38(30-37-16-10-7-11-17-37)22-23-46(41,48)51(39-18-12-8-13-19-39)40-20-14-9-15-21-40/h7,10-11,16-17,26-30,39-40,42H,8-9,12-15,18-25H2,1-6H3.